The fraction of sp³-hybridized carbons (Fsp3) is 0.909. The van der Waals surface area contributed by atoms with Crippen LogP contribution < -0.4 is 0 Å². The molecule has 1 heterocycles. The van der Waals surface area contributed by atoms with E-state index in [0.717, 1.165) is 0 Å². The summed E-state index contributed by atoms with van der Waals surface area (Å²) in [6.07, 6.45) is -7.44. The third-order valence-electron chi connectivity index (χ3n) is 2.85. The van der Waals surface area contributed by atoms with E-state index >= 15 is 0 Å². The minimum absolute atomic E-state index is 0.176. The highest BCUT2D eigenvalue weighted by molar-refractivity contribution is 4.86. The molecule has 8 heteroatoms. The Morgan fingerprint density at radius 3 is 2.16 bits per heavy atom. The van der Waals surface area contributed by atoms with E-state index in [9.17, 15) is 22.0 Å². The van der Waals surface area contributed by atoms with Crippen LogP contribution in [0.15, 0.2) is 0 Å². The number of halogens is 5. The minimum Gasteiger partial charge on any atom is -0.350 e. The highest BCUT2D eigenvalue weighted by Gasteiger charge is 2.56. The van der Waals surface area contributed by atoms with Gasteiger partial charge in [0.25, 0.3) is 0 Å². The molecule has 0 amide bonds. The first-order valence-electron chi connectivity index (χ1n) is 5.83. The lowest BCUT2D eigenvalue weighted by Gasteiger charge is -2.20. The van der Waals surface area contributed by atoms with Gasteiger partial charge in [0.2, 0.25) is 0 Å². The van der Waals surface area contributed by atoms with Crippen LogP contribution in [0, 0.1) is 17.2 Å². The fourth-order valence-electron chi connectivity index (χ4n) is 1.68. The van der Waals surface area contributed by atoms with Gasteiger partial charge in [-0.2, -0.15) is 27.2 Å². The Bertz CT molecular complexity index is 320. The van der Waals surface area contributed by atoms with E-state index in [-0.39, 0.29) is 6.42 Å². The summed E-state index contributed by atoms with van der Waals surface area (Å²) < 4.78 is 71.4. The smallest absolute Gasteiger partial charge is 0.350 e. The van der Waals surface area contributed by atoms with Gasteiger partial charge in [-0.3, -0.25) is 0 Å². The van der Waals surface area contributed by atoms with Crippen molar-refractivity contribution >= 4 is 0 Å². The molecule has 0 aliphatic carbocycles. The normalized spacial score (nSPS) is 19.4. The Morgan fingerprint density at radius 1 is 1.11 bits per heavy atom. The fourth-order valence-corrected chi connectivity index (χ4v) is 1.68. The molecule has 1 aliphatic heterocycles. The van der Waals surface area contributed by atoms with Crippen molar-refractivity contribution < 1.29 is 31.4 Å². The highest BCUT2D eigenvalue weighted by Crippen LogP contribution is 2.39. The van der Waals surface area contributed by atoms with Crippen molar-refractivity contribution in [3.8, 4) is 6.07 Å². The molecule has 0 spiro atoms. The van der Waals surface area contributed by atoms with E-state index in [1.54, 1.807) is 6.07 Å². The van der Waals surface area contributed by atoms with Crippen LogP contribution in [0.25, 0.3) is 0 Å². The molecule has 19 heavy (non-hydrogen) atoms. The van der Waals surface area contributed by atoms with Crippen LogP contribution in [0.4, 0.5) is 22.0 Å². The van der Waals surface area contributed by atoms with Gasteiger partial charge in [0.05, 0.1) is 19.3 Å². The van der Waals surface area contributed by atoms with Crippen LogP contribution in [0.5, 0.6) is 0 Å². The predicted molar refractivity (Wildman–Crippen MR) is 54.3 cm³/mol. The third kappa shape index (κ3) is 4.91. The number of nitriles is 1. The van der Waals surface area contributed by atoms with Gasteiger partial charge >= 0.3 is 12.1 Å². The summed E-state index contributed by atoms with van der Waals surface area (Å²) in [5.41, 5.74) is 0. The molecule has 0 N–H and O–H groups in total. The second kappa shape index (κ2) is 6.48. The molecule has 0 aromatic carbocycles. The maximum atomic E-state index is 12.7. The van der Waals surface area contributed by atoms with Crippen molar-refractivity contribution in [3.05, 3.63) is 0 Å². The molecule has 1 fully saturated rings. The second-order valence-corrected chi connectivity index (χ2v) is 4.32. The maximum Gasteiger partial charge on any atom is 0.453 e. The molecule has 110 valence electrons. The first-order valence-corrected chi connectivity index (χ1v) is 5.83. The molecule has 0 bridgehead atoms. The van der Waals surface area contributed by atoms with Gasteiger partial charge in [-0.15, -0.1) is 0 Å². The second-order valence-electron chi connectivity index (χ2n) is 4.32. The number of nitrogens with zero attached hydrogens (tertiary/aromatic N) is 1. The van der Waals surface area contributed by atoms with E-state index in [1.165, 1.54) is 0 Å². The Hall–Kier alpha value is -0.940. The van der Waals surface area contributed by atoms with E-state index in [1.807, 2.05) is 0 Å². The van der Waals surface area contributed by atoms with Crippen molar-refractivity contribution in [3.63, 3.8) is 0 Å². The zero-order valence-corrected chi connectivity index (χ0v) is 10.1. The number of hydrogen-bond donors (Lipinski definition) is 0. The Morgan fingerprint density at radius 2 is 1.68 bits per heavy atom. The Labute approximate surface area is 107 Å². The summed E-state index contributed by atoms with van der Waals surface area (Å²) in [4.78, 5) is 0. The number of hydrogen-bond acceptors (Lipinski definition) is 3. The van der Waals surface area contributed by atoms with E-state index in [0.29, 0.717) is 19.6 Å². The van der Waals surface area contributed by atoms with Crippen molar-refractivity contribution in [2.45, 2.75) is 44.1 Å². The van der Waals surface area contributed by atoms with Gasteiger partial charge in [-0.25, -0.2) is 0 Å². The topological polar surface area (TPSA) is 42.2 Å². The average Bonchev–Trinajstić information content (AvgIpc) is 2.80. The Kier molecular flexibility index (Phi) is 5.50. The lowest BCUT2D eigenvalue weighted by atomic mass is 9.96. The molecule has 1 aliphatic rings. The van der Waals surface area contributed by atoms with Crippen molar-refractivity contribution in [1.82, 2.24) is 0 Å². The molecule has 0 saturated carbocycles. The largest absolute Gasteiger partial charge is 0.453 e. The molecule has 0 radical (unpaired) electrons. The first-order chi connectivity index (χ1) is 8.76. The van der Waals surface area contributed by atoms with Gasteiger partial charge in [0.1, 0.15) is 0 Å². The summed E-state index contributed by atoms with van der Waals surface area (Å²) in [5, 5.41) is 8.74. The average molecular weight is 287 g/mol. The van der Waals surface area contributed by atoms with Gasteiger partial charge in [0, 0.05) is 12.3 Å². The van der Waals surface area contributed by atoms with Crippen LogP contribution >= 0.6 is 0 Å². The van der Waals surface area contributed by atoms with Gasteiger partial charge < -0.3 is 9.47 Å². The summed E-state index contributed by atoms with van der Waals surface area (Å²) in [7, 11) is 0. The lowest BCUT2D eigenvalue weighted by molar-refractivity contribution is -0.285. The van der Waals surface area contributed by atoms with Crippen LogP contribution in [0.1, 0.15) is 25.7 Å². The molecule has 1 saturated heterocycles. The molecular formula is C11H14F5NO2. The first kappa shape index (κ1) is 16.1. The highest BCUT2D eigenvalue weighted by atomic mass is 19.4. The van der Waals surface area contributed by atoms with Gasteiger partial charge in [0.15, 0.2) is 6.29 Å². The molecule has 0 aromatic heterocycles. The number of rotatable bonds is 6. The zero-order chi connectivity index (χ0) is 14.5. The van der Waals surface area contributed by atoms with Gasteiger partial charge in [-0.05, 0) is 19.3 Å². The SMILES string of the molecule is N#CC(CCC1OCCO1)CCC(F)(F)C(F)(F)F. The number of alkyl halides is 5. The van der Waals surface area contributed by atoms with E-state index in [2.05, 4.69) is 0 Å². The number of ether oxygens (including phenoxy) is 2. The minimum atomic E-state index is -5.56. The quantitative estimate of drug-likeness (QED) is 0.704. The van der Waals surface area contributed by atoms with E-state index in [4.69, 9.17) is 14.7 Å². The van der Waals surface area contributed by atoms with E-state index < -0.39 is 37.1 Å². The van der Waals surface area contributed by atoms with Crippen LogP contribution in [0.2, 0.25) is 0 Å². The molecule has 1 atom stereocenters. The zero-order valence-electron chi connectivity index (χ0n) is 10.1. The summed E-state index contributed by atoms with van der Waals surface area (Å²) >= 11 is 0. The standard InChI is InChI=1S/C11H14F5NO2/c12-10(13,11(14,15)16)4-3-8(7-17)1-2-9-18-5-6-19-9/h8-9H,1-6H2. The molecule has 3 nitrogen and oxygen atoms in total. The van der Waals surface area contributed by atoms with Gasteiger partial charge in [-0.1, -0.05) is 0 Å². The van der Waals surface area contributed by atoms with Crippen LogP contribution in [-0.2, 0) is 9.47 Å². The monoisotopic (exact) mass is 287 g/mol. The molecule has 1 rings (SSSR count). The predicted octanol–water partition coefficient (Wildman–Crippen LogP) is 3.26. The molecule has 1 unspecified atom stereocenters. The summed E-state index contributed by atoms with van der Waals surface area (Å²) in [6.45, 7) is 0.849. The maximum absolute atomic E-state index is 12.7. The third-order valence-corrected chi connectivity index (χ3v) is 2.85. The summed E-state index contributed by atoms with van der Waals surface area (Å²) in [6, 6.07) is 1.74. The Balaban J connectivity index is 2.34. The van der Waals surface area contributed by atoms with Crippen LogP contribution in [-0.4, -0.2) is 31.6 Å². The van der Waals surface area contributed by atoms with Crippen LogP contribution in [0.3, 0.4) is 0 Å². The molecule has 0 aromatic rings. The van der Waals surface area contributed by atoms with Crippen molar-refractivity contribution in [2.24, 2.45) is 5.92 Å². The van der Waals surface area contributed by atoms with Crippen molar-refractivity contribution in [2.75, 3.05) is 13.2 Å². The summed E-state index contributed by atoms with van der Waals surface area (Å²) in [5.74, 6) is -5.61. The lowest BCUT2D eigenvalue weighted by Crippen LogP contribution is -2.36. The van der Waals surface area contributed by atoms with Crippen molar-refractivity contribution in [1.29, 1.82) is 5.26 Å². The molecular weight excluding hydrogens is 273 g/mol.